The highest BCUT2D eigenvalue weighted by Gasteiger charge is 2.09. The normalized spacial score (nSPS) is 10.2. The third-order valence-electron chi connectivity index (χ3n) is 3.95. The van der Waals surface area contributed by atoms with Gasteiger partial charge in [-0.25, -0.2) is 0 Å². The van der Waals surface area contributed by atoms with E-state index in [4.69, 9.17) is 5.11 Å². The number of rotatable bonds is 8. The van der Waals surface area contributed by atoms with Crippen molar-refractivity contribution >= 4 is 5.97 Å². The Hall–Kier alpha value is -2.60. The van der Waals surface area contributed by atoms with Crippen molar-refractivity contribution in [2.45, 2.75) is 38.5 Å². The number of carboxylic acid groups (broad SMARTS) is 1. The lowest BCUT2D eigenvalue weighted by Gasteiger charge is -2.11. The van der Waals surface area contributed by atoms with E-state index in [2.05, 4.69) is 24.3 Å². The van der Waals surface area contributed by atoms with Gasteiger partial charge in [-0.05, 0) is 42.0 Å². The molecule has 2 rings (SSSR count). The van der Waals surface area contributed by atoms with E-state index in [0.29, 0.717) is 0 Å². The minimum Gasteiger partial charge on any atom is -0.481 e. The molecule has 0 aliphatic heterocycles. The number of unbranched alkanes of at least 4 members (excludes halogenated alkanes) is 3. The fourth-order valence-corrected chi connectivity index (χ4v) is 2.78. The summed E-state index contributed by atoms with van der Waals surface area (Å²) in [4.78, 5) is 10.5. The number of aliphatic carboxylic acids is 1. The summed E-state index contributed by atoms with van der Waals surface area (Å²) in [5, 5.41) is 18.0. The standard InChI is InChI=1S/C20H21NO2/c21-15-17-11-8-13-18(16-9-4-3-5-10-16)19(17)12-6-1-2-7-14-20(22)23/h3-5,8-11,13H,1-2,6-7,12,14H2,(H,22,23). The second-order valence-corrected chi connectivity index (χ2v) is 5.62. The zero-order valence-corrected chi connectivity index (χ0v) is 13.2. The predicted octanol–water partition coefficient (Wildman–Crippen LogP) is 4.80. The first kappa shape index (κ1) is 16.8. The highest BCUT2D eigenvalue weighted by atomic mass is 16.4. The van der Waals surface area contributed by atoms with Crippen molar-refractivity contribution in [2.75, 3.05) is 0 Å². The zero-order chi connectivity index (χ0) is 16.5. The van der Waals surface area contributed by atoms with Crippen molar-refractivity contribution in [2.24, 2.45) is 0 Å². The van der Waals surface area contributed by atoms with E-state index in [-0.39, 0.29) is 6.42 Å². The van der Waals surface area contributed by atoms with Gasteiger partial charge >= 0.3 is 5.97 Å². The second kappa shape index (κ2) is 8.75. The minimum atomic E-state index is -0.730. The number of benzene rings is 2. The monoisotopic (exact) mass is 307 g/mol. The van der Waals surface area contributed by atoms with Crippen LogP contribution in [0.3, 0.4) is 0 Å². The summed E-state index contributed by atoms with van der Waals surface area (Å²) < 4.78 is 0. The fraction of sp³-hybridized carbons (Fsp3) is 0.300. The van der Waals surface area contributed by atoms with Crippen molar-refractivity contribution in [3.05, 3.63) is 59.7 Å². The average Bonchev–Trinajstić information content (AvgIpc) is 2.58. The molecule has 0 aromatic heterocycles. The minimum absolute atomic E-state index is 0.240. The van der Waals surface area contributed by atoms with Crippen LogP contribution >= 0.6 is 0 Å². The molecule has 0 bridgehead atoms. The van der Waals surface area contributed by atoms with Gasteiger partial charge in [0, 0.05) is 6.42 Å². The maximum atomic E-state index is 10.5. The molecule has 1 N–H and O–H groups in total. The summed E-state index contributed by atoms with van der Waals surface area (Å²) >= 11 is 0. The predicted molar refractivity (Wildman–Crippen MR) is 91.0 cm³/mol. The summed E-state index contributed by atoms with van der Waals surface area (Å²) in [6.45, 7) is 0. The Kier molecular flexibility index (Phi) is 6.38. The van der Waals surface area contributed by atoms with Crippen LogP contribution in [0.5, 0.6) is 0 Å². The highest BCUT2D eigenvalue weighted by Crippen LogP contribution is 2.27. The SMILES string of the molecule is N#Cc1cccc(-c2ccccc2)c1CCCCCCC(=O)O. The van der Waals surface area contributed by atoms with E-state index >= 15 is 0 Å². The van der Waals surface area contributed by atoms with E-state index in [9.17, 15) is 10.1 Å². The average molecular weight is 307 g/mol. The highest BCUT2D eigenvalue weighted by molar-refractivity contribution is 5.70. The van der Waals surface area contributed by atoms with Crippen molar-refractivity contribution in [3.63, 3.8) is 0 Å². The smallest absolute Gasteiger partial charge is 0.303 e. The lowest BCUT2D eigenvalue weighted by Crippen LogP contribution is -1.96. The van der Waals surface area contributed by atoms with Crippen LogP contribution in [-0.4, -0.2) is 11.1 Å². The third-order valence-corrected chi connectivity index (χ3v) is 3.95. The second-order valence-electron chi connectivity index (χ2n) is 5.62. The third kappa shape index (κ3) is 4.96. The molecule has 2 aromatic carbocycles. The van der Waals surface area contributed by atoms with Crippen LogP contribution in [0.25, 0.3) is 11.1 Å². The van der Waals surface area contributed by atoms with Gasteiger partial charge in [-0.1, -0.05) is 55.3 Å². The molecule has 2 aromatic rings. The van der Waals surface area contributed by atoms with Gasteiger partial charge in [0.15, 0.2) is 0 Å². The molecule has 0 aliphatic rings. The van der Waals surface area contributed by atoms with E-state index < -0.39 is 5.97 Å². The lowest BCUT2D eigenvalue weighted by atomic mass is 9.92. The Bertz CT molecular complexity index is 687. The van der Waals surface area contributed by atoms with Gasteiger partial charge < -0.3 is 5.11 Å². The molecule has 23 heavy (non-hydrogen) atoms. The summed E-state index contributed by atoms with van der Waals surface area (Å²) in [5.74, 6) is -0.730. The van der Waals surface area contributed by atoms with Crippen molar-refractivity contribution < 1.29 is 9.90 Å². The zero-order valence-electron chi connectivity index (χ0n) is 13.2. The fourth-order valence-electron chi connectivity index (χ4n) is 2.78. The molecule has 0 heterocycles. The Morgan fingerprint density at radius 2 is 1.70 bits per heavy atom. The Balaban J connectivity index is 2.05. The number of carbonyl (C=O) groups is 1. The van der Waals surface area contributed by atoms with Crippen LogP contribution in [0.1, 0.15) is 43.2 Å². The topological polar surface area (TPSA) is 61.1 Å². The van der Waals surface area contributed by atoms with E-state index in [1.54, 1.807) is 0 Å². The summed E-state index contributed by atoms with van der Waals surface area (Å²) in [6.07, 6.45) is 4.69. The van der Waals surface area contributed by atoms with Gasteiger partial charge in [0.25, 0.3) is 0 Å². The number of hydrogen-bond donors (Lipinski definition) is 1. The molecule has 0 unspecified atom stereocenters. The molecule has 0 fully saturated rings. The maximum absolute atomic E-state index is 10.5. The first-order chi connectivity index (χ1) is 11.2. The number of nitrogens with zero attached hydrogens (tertiary/aromatic N) is 1. The molecule has 0 atom stereocenters. The Morgan fingerprint density at radius 3 is 2.39 bits per heavy atom. The van der Waals surface area contributed by atoms with Crippen LogP contribution in [0.4, 0.5) is 0 Å². The molecular weight excluding hydrogens is 286 g/mol. The van der Waals surface area contributed by atoms with E-state index in [0.717, 1.165) is 54.4 Å². The molecular formula is C20H21NO2. The largest absolute Gasteiger partial charge is 0.481 e. The van der Waals surface area contributed by atoms with Crippen LogP contribution < -0.4 is 0 Å². The van der Waals surface area contributed by atoms with Crippen LogP contribution in [0.2, 0.25) is 0 Å². The van der Waals surface area contributed by atoms with Gasteiger partial charge in [0.2, 0.25) is 0 Å². The Morgan fingerprint density at radius 1 is 0.957 bits per heavy atom. The van der Waals surface area contributed by atoms with E-state index in [1.165, 1.54) is 0 Å². The van der Waals surface area contributed by atoms with Crippen LogP contribution in [-0.2, 0) is 11.2 Å². The molecule has 3 heteroatoms. The van der Waals surface area contributed by atoms with Crippen LogP contribution in [0, 0.1) is 11.3 Å². The van der Waals surface area contributed by atoms with Crippen LogP contribution in [0.15, 0.2) is 48.5 Å². The van der Waals surface area contributed by atoms with Gasteiger partial charge in [0.1, 0.15) is 0 Å². The molecule has 0 spiro atoms. The maximum Gasteiger partial charge on any atom is 0.303 e. The molecule has 0 aliphatic carbocycles. The molecule has 0 saturated heterocycles. The van der Waals surface area contributed by atoms with Crippen molar-refractivity contribution in [1.29, 1.82) is 5.26 Å². The first-order valence-electron chi connectivity index (χ1n) is 8.01. The molecule has 118 valence electrons. The number of hydrogen-bond acceptors (Lipinski definition) is 2. The molecule has 0 saturated carbocycles. The van der Waals surface area contributed by atoms with Crippen molar-refractivity contribution in [3.8, 4) is 17.2 Å². The molecule has 0 amide bonds. The number of carboxylic acids is 1. The Labute approximate surface area is 137 Å². The summed E-state index contributed by atoms with van der Waals surface area (Å²) in [5.41, 5.74) is 4.08. The van der Waals surface area contributed by atoms with Gasteiger partial charge in [-0.15, -0.1) is 0 Å². The quantitative estimate of drug-likeness (QED) is 0.712. The molecule has 0 radical (unpaired) electrons. The lowest BCUT2D eigenvalue weighted by molar-refractivity contribution is -0.137. The van der Waals surface area contributed by atoms with Gasteiger partial charge in [-0.2, -0.15) is 5.26 Å². The van der Waals surface area contributed by atoms with Gasteiger partial charge in [-0.3, -0.25) is 4.79 Å². The molecule has 3 nitrogen and oxygen atoms in total. The summed E-state index contributed by atoms with van der Waals surface area (Å²) in [7, 11) is 0. The van der Waals surface area contributed by atoms with Crippen molar-refractivity contribution in [1.82, 2.24) is 0 Å². The van der Waals surface area contributed by atoms with E-state index in [1.807, 2.05) is 30.3 Å². The van der Waals surface area contributed by atoms with Gasteiger partial charge in [0.05, 0.1) is 11.6 Å². The number of nitriles is 1. The summed E-state index contributed by atoms with van der Waals surface area (Å²) in [6, 6.07) is 18.3. The first-order valence-corrected chi connectivity index (χ1v) is 8.01.